The molecule has 0 aliphatic carbocycles. The Bertz CT molecular complexity index is 512. The van der Waals surface area contributed by atoms with E-state index in [1.165, 1.54) is 31.5 Å². The van der Waals surface area contributed by atoms with Gasteiger partial charge in [0.15, 0.2) is 11.5 Å². The summed E-state index contributed by atoms with van der Waals surface area (Å²) in [7, 11) is 0. The highest BCUT2D eigenvalue weighted by atomic mass is 16.3. The highest BCUT2D eigenvalue weighted by Gasteiger charge is 2.14. The molecule has 3 nitrogen and oxygen atoms in total. The third-order valence-corrected chi connectivity index (χ3v) is 3.56. The monoisotopic (exact) mass is 230 g/mol. The molecule has 2 heterocycles. The topological polar surface area (TPSA) is 38.1 Å². The molecular weight excluding hydrogens is 212 g/mol. The van der Waals surface area contributed by atoms with Crippen LogP contribution in [-0.4, -0.2) is 18.1 Å². The minimum atomic E-state index is 0.747. The number of nitrogens with one attached hydrogen (secondary N) is 1. The van der Waals surface area contributed by atoms with Gasteiger partial charge in [0.1, 0.15) is 5.52 Å². The zero-order chi connectivity index (χ0) is 11.7. The lowest BCUT2D eigenvalue weighted by Crippen LogP contribution is -2.09. The molecule has 1 saturated heterocycles. The van der Waals surface area contributed by atoms with E-state index in [9.17, 15) is 0 Å². The first kappa shape index (κ1) is 10.8. The Morgan fingerprint density at radius 1 is 1.47 bits per heavy atom. The van der Waals surface area contributed by atoms with Crippen LogP contribution >= 0.6 is 0 Å². The van der Waals surface area contributed by atoms with Crippen molar-refractivity contribution in [2.24, 2.45) is 5.92 Å². The van der Waals surface area contributed by atoms with Gasteiger partial charge in [-0.1, -0.05) is 6.07 Å². The number of hydrogen-bond donors (Lipinski definition) is 1. The second-order valence-corrected chi connectivity index (χ2v) is 4.93. The van der Waals surface area contributed by atoms with Gasteiger partial charge in [0.05, 0.1) is 0 Å². The molecule has 0 saturated carbocycles. The quantitative estimate of drug-likeness (QED) is 0.881. The largest absolute Gasteiger partial charge is 0.441 e. The van der Waals surface area contributed by atoms with E-state index in [-0.39, 0.29) is 0 Å². The number of aryl methyl sites for hydroxylation is 2. The summed E-state index contributed by atoms with van der Waals surface area (Å²) in [5.74, 6) is 1.60. The van der Waals surface area contributed by atoms with Gasteiger partial charge in [-0.25, -0.2) is 4.98 Å². The van der Waals surface area contributed by atoms with Crippen LogP contribution in [-0.2, 0) is 6.42 Å². The first-order valence-electron chi connectivity index (χ1n) is 6.38. The van der Waals surface area contributed by atoms with E-state index in [0.717, 1.165) is 29.3 Å². The van der Waals surface area contributed by atoms with Crippen LogP contribution in [0.25, 0.3) is 11.1 Å². The van der Waals surface area contributed by atoms with Crippen LogP contribution < -0.4 is 5.32 Å². The van der Waals surface area contributed by atoms with Gasteiger partial charge in [-0.3, -0.25) is 0 Å². The molecule has 1 atom stereocenters. The summed E-state index contributed by atoms with van der Waals surface area (Å²) < 4.78 is 5.48. The lowest BCUT2D eigenvalue weighted by Gasteiger charge is -2.07. The smallest absolute Gasteiger partial charge is 0.192 e. The highest BCUT2D eigenvalue weighted by molar-refractivity contribution is 5.73. The Hall–Kier alpha value is -1.35. The van der Waals surface area contributed by atoms with Crippen LogP contribution in [0.5, 0.6) is 0 Å². The van der Waals surface area contributed by atoms with Crippen molar-refractivity contribution in [2.75, 3.05) is 13.1 Å². The maximum Gasteiger partial charge on any atom is 0.192 e. The number of aromatic nitrogens is 1. The second kappa shape index (κ2) is 4.49. The van der Waals surface area contributed by atoms with Crippen LogP contribution in [0.4, 0.5) is 0 Å². The van der Waals surface area contributed by atoms with Gasteiger partial charge in [-0.15, -0.1) is 0 Å². The molecule has 1 aliphatic rings. The lowest BCUT2D eigenvalue weighted by atomic mass is 9.99. The summed E-state index contributed by atoms with van der Waals surface area (Å²) in [6, 6.07) is 6.36. The van der Waals surface area contributed by atoms with Gasteiger partial charge < -0.3 is 9.73 Å². The third kappa shape index (κ3) is 2.34. The molecule has 90 valence electrons. The van der Waals surface area contributed by atoms with Crippen LogP contribution in [0.2, 0.25) is 0 Å². The summed E-state index contributed by atoms with van der Waals surface area (Å²) in [5.41, 5.74) is 3.26. The molecule has 1 aromatic carbocycles. The fourth-order valence-electron chi connectivity index (χ4n) is 2.58. The zero-order valence-electron chi connectivity index (χ0n) is 10.2. The Balaban J connectivity index is 1.71. The van der Waals surface area contributed by atoms with Gasteiger partial charge in [-0.05, 0) is 56.0 Å². The molecule has 17 heavy (non-hydrogen) atoms. The predicted molar refractivity (Wildman–Crippen MR) is 68.0 cm³/mol. The SMILES string of the molecule is Cc1nc2cc(CCC3CCNC3)ccc2o1. The molecule has 0 bridgehead atoms. The number of hydrogen-bond acceptors (Lipinski definition) is 3. The molecule has 1 unspecified atom stereocenters. The van der Waals surface area contributed by atoms with Crippen LogP contribution in [0, 0.1) is 12.8 Å². The molecule has 3 rings (SSSR count). The van der Waals surface area contributed by atoms with Crippen molar-refractivity contribution < 1.29 is 4.42 Å². The van der Waals surface area contributed by atoms with Gasteiger partial charge in [0.25, 0.3) is 0 Å². The first-order valence-corrected chi connectivity index (χ1v) is 6.38. The minimum Gasteiger partial charge on any atom is -0.441 e. The molecule has 1 N–H and O–H groups in total. The van der Waals surface area contributed by atoms with Gasteiger partial charge in [0, 0.05) is 6.92 Å². The fraction of sp³-hybridized carbons (Fsp3) is 0.500. The van der Waals surface area contributed by atoms with E-state index in [2.05, 4.69) is 22.4 Å². The molecule has 1 fully saturated rings. The first-order chi connectivity index (χ1) is 8.31. The normalized spacial score (nSPS) is 20.2. The molecule has 1 aliphatic heterocycles. The molecular formula is C14H18N2O. The van der Waals surface area contributed by atoms with Crippen molar-refractivity contribution in [3.63, 3.8) is 0 Å². The minimum absolute atomic E-state index is 0.747. The van der Waals surface area contributed by atoms with Crippen molar-refractivity contribution in [3.8, 4) is 0 Å². The fourth-order valence-corrected chi connectivity index (χ4v) is 2.58. The maximum atomic E-state index is 5.48. The van der Waals surface area contributed by atoms with Crippen LogP contribution in [0.1, 0.15) is 24.3 Å². The van der Waals surface area contributed by atoms with E-state index >= 15 is 0 Å². The van der Waals surface area contributed by atoms with E-state index in [1.807, 2.05) is 13.0 Å². The van der Waals surface area contributed by atoms with Crippen LogP contribution in [0.15, 0.2) is 22.6 Å². The molecule has 2 aromatic rings. The van der Waals surface area contributed by atoms with Crippen molar-refractivity contribution in [1.82, 2.24) is 10.3 Å². The average Bonchev–Trinajstić information content (AvgIpc) is 2.92. The van der Waals surface area contributed by atoms with E-state index in [1.54, 1.807) is 0 Å². The number of benzene rings is 1. The number of oxazole rings is 1. The summed E-state index contributed by atoms with van der Waals surface area (Å²) in [4.78, 5) is 4.37. The highest BCUT2D eigenvalue weighted by Crippen LogP contribution is 2.20. The van der Waals surface area contributed by atoms with Crippen molar-refractivity contribution in [3.05, 3.63) is 29.7 Å². The maximum absolute atomic E-state index is 5.48. The lowest BCUT2D eigenvalue weighted by molar-refractivity contribution is 0.533. The molecule has 1 aromatic heterocycles. The summed E-state index contributed by atoms with van der Waals surface area (Å²) >= 11 is 0. The van der Waals surface area contributed by atoms with E-state index in [0.29, 0.717) is 0 Å². The standard InChI is InChI=1S/C14H18N2O/c1-10-16-13-8-11(4-5-14(13)17-10)2-3-12-6-7-15-9-12/h4-5,8,12,15H,2-3,6-7,9H2,1H3. The van der Waals surface area contributed by atoms with E-state index in [4.69, 9.17) is 4.42 Å². The summed E-state index contributed by atoms with van der Waals surface area (Å²) in [6.45, 7) is 4.27. The average molecular weight is 230 g/mol. The van der Waals surface area contributed by atoms with Gasteiger partial charge in [0.2, 0.25) is 0 Å². The van der Waals surface area contributed by atoms with E-state index < -0.39 is 0 Å². The Morgan fingerprint density at radius 3 is 3.24 bits per heavy atom. The Kier molecular flexibility index (Phi) is 2.85. The van der Waals surface area contributed by atoms with Crippen molar-refractivity contribution in [1.29, 1.82) is 0 Å². The third-order valence-electron chi connectivity index (χ3n) is 3.56. The Morgan fingerprint density at radius 2 is 2.41 bits per heavy atom. The number of nitrogens with zero attached hydrogens (tertiary/aromatic N) is 1. The summed E-state index contributed by atoms with van der Waals surface area (Å²) in [6.07, 6.45) is 3.74. The predicted octanol–water partition coefficient (Wildman–Crippen LogP) is 2.68. The molecule has 3 heteroatoms. The summed E-state index contributed by atoms with van der Waals surface area (Å²) in [5, 5.41) is 3.41. The Labute approximate surface area is 101 Å². The molecule has 0 radical (unpaired) electrons. The van der Waals surface area contributed by atoms with Crippen LogP contribution in [0.3, 0.4) is 0 Å². The molecule has 0 spiro atoms. The number of rotatable bonds is 3. The number of fused-ring (bicyclic) bond motifs is 1. The van der Waals surface area contributed by atoms with Gasteiger partial charge >= 0.3 is 0 Å². The van der Waals surface area contributed by atoms with Crippen molar-refractivity contribution >= 4 is 11.1 Å². The second-order valence-electron chi connectivity index (χ2n) is 4.93. The van der Waals surface area contributed by atoms with Gasteiger partial charge in [-0.2, -0.15) is 0 Å². The zero-order valence-corrected chi connectivity index (χ0v) is 10.2. The molecule has 0 amide bonds. The van der Waals surface area contributed by atoms with Crippen molar-refractivity contribution in [2.45, 2.75) is 26.2 Å².